The molecule has 2 aliphatic rings. The molecule has 2 amide bonds. The maximum atomic E-state index is 13.5. The first-order valence-electron chi connectivity index (χ1n) is 7.95. The SMILES string of the molecule is CC(C)N1C[C@H](C(=O)N2CC(Oc3ccccc3F)C2)CC1=O. The predicted molar refractivity (Wildman–Crippen MR) is 82.4 cm³/mol. The van der Waals surface area contributed by atoms with Crippen molar-refractivity contribution in [3.8, 4) is 5.75 Å². The summed E-state index contributed by atoms with van der Waals surface area (Å²) in [5.41, 5.74) is 0. The van der Waals surface area contributed by atoms with Gasteiger partial charge in [0.1, 0.15) is 6.10 Å². The number of carbonyl (C=O) groups excluding carboxylic acids is 2. The highest BCUT2D eigenvalue weighted by atomic mass is 19.1. The van der Waals surface area contributed by atoms with Crippen molar-refractivity contribution in [2.45, 2.75) is 32.4 Å². The maximum Gasteiger partial charge on any atom is 0.228 e. The number of hydrogen-bond acceptors (Lipinski definition) is 3. The Morgan fingerprint density at radius 2 is 1.96 bits per heavy atom. The molecule has 3 rings (SSSR count). The van der Waals surface area contributed by atoms with Gasteiger partial charge in [0, 0.05) is 19.0 Å². The molecule has 1 atom stereocenters. The van der Waals surface area contributed by atoms with Crippen LogP contribution in [-0.2, 0) is 9.59 Å². The maximum absolute atomic E-state index is 13.5. The Kier molecular flexibility index (Phi) is 4.24. The van der Waals surface area contributed by atoms with Gasteiger partial charge in [-0.3, -0.25) is 9.59 Å². The molecule has 2 heterocycles. The lowest BCUT2D eigenvalue weighted by atomic mass is 10.0. The minimum atomic E-state index is -0.397. The van der Waals surface area contributed by atoms with E-state index in [1.54, 1.807) is 28.0 Å². The van der Waals surface area contributed by atoms with E-state index in [0.29, 0.717) is 19.6 Å². The monoisotopic (exact) mass is 320 g/mol. The highest BCUT2D eigenvalue weighted by molar-refractivity contribution is 5.89. The molecule has 1 aromatic rings. The van der Waals surface area contributed by atoms with Gasteiger partial charge >= 0.3 is 0 Å². The van der Waals surface area contributed by atoms with Crippen molar-refractivity contribution in [3.63, 3.8) is 0 Å². The summed E-state index contributed by atoms with van der Waals surface area (Å²) >= 11 is 0. The van der Waals surface area contributed by atoms with Crippen LogP contribution in [0.2, 0.25) is 0 Å². The number of amides is 2. The molecule has 2 saturated heterocycles. The average molecular weight is 320 g/mol. The molecule has 0 N–H and O–H groups in total. The van der Waals surface area contributed by atoms with Crippen molar-refractivity contribution in [2.24, 2.45) is 5.92 Å². The van der Waals surface area contributed by atoms with E-state index in [9.17, 15) is 14.0 Å². The predicted octanol–water partition coefficient (Wildman–Crippen LogP) is 1.67. The summed E-state index contributed by atoms with van der Waals surface area (Å²) in [4.78, 5) is 27.7. The van der Waals surface area contributed by atoms with E-state index >= 15 is 0 Å². The van der Waals surface area contributed by atoms with E-state index in [4.69, 9.17) is 4.74 Å². The molecule has 5 nitrogen and oxygen atoms in total. The summed E-state index contributed by atoms with van der Waals surface area (Å²) in [6, 6.07) is 6.37. The Bertz CT molecular complexity index is 614. The van der Waals surface area contributed by atoms with Gasteiger partial charge in [0.2, 0.25) is 11.8 Å². The molecule has 2 fully saturated rings. The number of halogens is 1. The van der Waals surface area contributed by atoms with Gasteiger partial charge in [0.15, 0.2) is 11.6 Å². The van der Waals surface area contributed by atoms with Crippen molar-refractivity contribution in [1.29, 1.82) is 0 Å². The van der Waals surface area contributed by atoms with E-state index in [1.165, 1.54) is 6.07 Å². The quantitative estimate of drug-likeness (QED) is 0.848. The normalized spacial score (nSPS) is 21.7. The molecule has 0 unspecified atom stereocenters. The lowest BCUT2D eigenvalue weighted by molar-refractivity contribution is -0.144. The van der Waals surface area contributed by atoms with Gasteiger partial charge in [-0.05, 0) is 26.0 Å². The number of para-hydroxylation sites is 1. The summed E-state index contributed by atoms with van der Waals surface area (Å²) in [5, 5.41) is 0. The first-order valence-corrected chi connectivity index (χ1v) is 7.95. The molecular weight excluding hydrogens is 299 g/mol. The second kappa shape index (κ2) is 6.18. The first kappa shape index (κ1) is 15.8. The third-order valence-electron chi connectivity index (χ3n) is 4.42. The number of likely N-dealkylation sites (tertiary alicyclic amines) is 2. The van der Waals surface area contributed by atoms with Crippen LogP contribution in [0.15, 0.2) is 24.3 Å². The molecule has 0 bridgehead atoms. The molecule has 0 aliphatic carbocycles. The zero-order valence-corrected chi connectivity index (χ0v) is 13.4. The zero-order chi connectivity index (χ0) is 16.6. The molecule has 124 valence electrons. The van der Waals surface area contributed by atoms with Crippen LogP contribution in [0.4, 0.5) is 4.39 Å². The van der Waals surface area contributed by atoms with Crippen molar-refractivity contribution in [2.75, 3.05) is 19.6 Å². The standard InChI is InChI=1S/C17H21FN2O3/c1-11(2)20-8-12(7-16(20)21)17(22)19-9-13(10-19)23-15-6-4-3-5-14(15)18/h3-6,11-13H,7-10H2,1-2H3/t12-/m1/s1. The van der Waals surface area contributed by atoms with Crippen LogP contribution >= 0.6 is 0 Å². The zero-order valence-electron chi connectivity index (χ0n) is 13.4. The molecular formula is C17H21FN2O3. The molecule has 23 heavy (non-hydrogen) atoms. The van der Waals surface area contributed by atoms with Crippen LogP contribution in [0, 0.1) is 11.7 Å². The topological polar surface area (TPSA) is 49.9 Å². The van der Waals surface area contributed by atoms with E-state index < -0.39 is 5.82 Å². The van der Waals surface area contributed by atoms with Crippen molar-refractivity contribution in [1.82, 2.24) is 9.80 Å². The largest absolute Gasteiger partial charge is 0.484 e. The van der Waals surface area contributed by atoms with E-state index in [0.717, 1.165) is 0 Å². The lowest BCUT2D eigenvalue weighted by Gasteiger charge is -2.40. The highest BCUT2D eigenvalue weighted by Crippen LogP contribution is 2.26. The van der Waals surface area contributed by atoms with Crippen LogP contribution in [0.3, 0.4) is 0 Å². The van der Waals surface area contributed by atoms with E-state index in [2.05, 4.69) is 0 Å². The molecule has 0 aromatic heterocycles. The Morgan fingerprint density at radius 3 is 2.57 bits per heavy atom. The molecule has 6 heteroatoms. The summed E-state index contributed by atoms with van der Waals surface area (Å²) in [5.74, 6) is -0.412. The van der Waals surface area contributed by atoms with Crippen LogP contribution in [-0.4, -0.2) is 53.4 Å². The van der Waals surface area contributed by atoms with Crippen LogP contribution < -0.4 is 4.74 Å². The minimum Gasteiger partial charge on any atom is -0.484 e. The van der Waals surface area contributed by atoms with Gasteiger partial charge in [-0.1, -0.05) is 12.1 Å². The van der Waals surface area contributed by atoms with Crippen LogP contribution in [0.1, 0.15) is 20.3 Å². The molecule has 2 aliphatic heterocycles. The lowest BCUT2D eigenvalue weighted by Crippen LogP contribution is -2.57. The third-order valence-corrected chi connectivity index (χ3v) is 4.42. The van der Waals surface area contributed by atoms with Gasteiger partial charge < -0.3 is 14.5 Å². The van der Waals surface area contributed by atoms with Gasteiger partial charge in [-0.2, -0.15) is 0 Å². The second-order valence-corrected chi connectivity index (χ2v) is 6.45. The summed E-state index contributed by atoms with van der Waals surface area (Å²) < 4.78 is 19.1. The smallest absolute Gasteiger partial charge is 0.228 e. The van der Waals surface area contributed by atoms with Gasteiger partial charge in [-0.25, -0.2) is 4.39 Å². The van der Waals surface area contributed by atoms with Crippen molar-refractivity contribution < 1.29 is 18.7 Å². The van der Waals surface area contributed by atoms with E-state index in [1.807, 2.05) is 13.8 Å². The Labute approximate surface area is 135 Å². The Balaban J connectivity index is 1.51. The number of ether oxygens (including phenoxy) is 1. The van der Waals surface area contributed by atoms with Crippen molar-refractivity contribution >= 4 is 11.8 Å². The number of rotatable bonds is 4. The van der Waals surface area contributed by atoms with Crippen LogP contribution in [0.5, 0.6) is 5.75 Å². The summed E-state index contributed by atoms with van der Waals surface area (Å²) in [6.07, 6.45) is 0.0981. The fraction of sp³-hybridized carbons (Fsp3) is 0.529. The van der Waals surface area contributed by atoms with E-state index in [-0.39, 0.29) is 42.0 Å². The number of benzene rings is 1. The molecule has 1 aromatic carbocycles. The average Bonchev–Trinajstić information content (AvgIpc) is 2.86. The number of hydrogen-bond donors (Lipinski definition) is 0. The highest BCUT2D eigenvalue weighted by Gasteiger charge is 2.41. The third kappa shape index (κ3) is 3.16. The minimum absolute atomic E-state index is 0.00474. The van der Waals surface area contributed by atoms with Crippen LogP contribution in [0.25, 0.3) is 0 Å². The summed E-state index contributed by atoms with van der Waals surface area (Å²) in [6.45, 7) is 5.28. The number of carbonyl (C=O) groups is 2. The first-order chi connectivity index (χ1) is 11.0. The van der Waals surface area contributed by atoms with Gasteiger partial charge in [0.05, 0.1) is 19.0 Å². The Hall–Kier alpha value is -2.11. The molecule has 0 spiro atoms. The van der Waals surface area contributed by atoms with Gasteiger partial charge in [-0.15, -0.1) is 0 Å². The Morgan fingerprint density at radius 1 is 1.26 bits per heavy atom. The second-order valence-electron chi connectivity index (χ2n) is 6.45. The molecule has 0 saturated carbocycles. The fourth-order valence-corrected chi connectivity index (χ4v) is 3.07. The summed E-state index contributed by atoms with van der Waals surface area (Å²) in [7, 11) is 0. The number of nitrogens with zero attached hydrogens (tertiary/aromatic N) is 2. The van der Waals surface area contributed by atoms with Crippen molar-refractivity contribution in [3.05, 3.63) is 30.1 Å². The van der Waals surface area contributed by atoms with Gasteiger partial charge in [0.25, 0.3) is 0 Å². The fourth-order valence-electron chi connectivity index (χ4n) is 3.07. The molecule has 0 radical (unpaired) electrons.